The molecule has 1 nitrogen and oxygen atoms in total. The van der Waals surface area contributed by atoms with E-state index >= 15 is 0 Å². The Balaban J connectivity index is 1.82. The summed E-state index contributed by atoms with van der Waals surface area (Å²) in [6, 6.07) is 29.0. The van der Waals surface area contributed by atoms with Crippen molar-refractivity contribution in [3.05, 3.63) is 95.6 Å². The largest absolute Gasteiger partial charge is 0.488 e. The highest BCUT2D eigenvalue weighted by atomic mass is 31.1. The minimum atomic E-state index is 0.689. The number of aryl methyl sites for hydroxylation is 3. The fourth-order valence-corrected chi connectivity index (χ4v) is 6.59. The summed E-state index contributed by atoms with van der Waals surface area (Å²) in [6.07, 6.45) is 0.794. The van der Waals surface area contributed by atoms with Gasteiger partial charge in [-0.05, 0) is 90.3 Å². The Morgan fingerprint density at radius 1 is 0.625 bits per heavy atom. The summed E-state index contributed by atoms with van der Waals surface area (Å²) in [5.41, 5.74) is 9.34. The predicted molar refractivity (Wildman–Crippen MR) is 140 cm³/mol. The summed E-state index contributed by atoms with van der Waals surface area (Å²) in [4.78, 5) is 0. The van der Waals surface area contributed by atoms with Gasteiger partial charge in [0.25, 0.3) is 0 Å². The van der Waals surface area contributed by atoms with Gasteiger partial charge >= 0.3 is 0 Å². The van der Waals surface area contributed by atoms with Crippen molar-refractivity contribution in [1.82, 2.24) is 0 Å². The summed E-state index contributed by atoms with van der Waals surface area (Å²) in [5, 5.41) is 6.61. The molecule has 0 radical (unpaired) electrons. The smallest absolute Gasteiger partial charge is 0.127 e. The second-order valence-corrected chi connectivity index (χ2v) is 9.90. The second-order valence-electron chi connectivity index (χ2n) is 8.76. The predicted octanol–water partition coefficient (Wildman–Crippen LogP) is 7.91. The molecule has 0 aromatic heterocycles. The van der Waals surface area contributed by atoms with Crippen molar-refractivity contribution in [2.45, 2.75) is 20.8 Å². The number of fused-ring (bicyclic) bond motifs is 3. The third-order valence-corrected chi connectivity index (χ3v) is 7.79. The minimum Gasteiger partial charge on any atom is -0.488 e. The topological polar surface area (TPSA) is 9.23 Å². The fraction of sp³-hybridized carbons (Fsp3) is 0.133. The number of ether oxygens (including phenoxy) is 1. The maximum atomic E-state index is 5.93. The summed E-state index contributed by atoms with van der Waals surface area (Å²) in [6.45, 7) is 6.67. The summed E-state index contributed by atoms with van der Waals surface area (Å²) >= 11 is 0. The summed E-state index contributed by atoms with van der Waals surface area (Å²) < 4.78 is 5.93. The van der Waals surface area contributed by atoms with Crippen molar-refractivity contribution in [1.29, 1.82) is 0 Å². The zero-order chi connectivity index (χ0) is 21.8. The molecular formula is C30H25OP. The lowest BCUT2D eigenvalue weighted by atomic mass is 9.83. The van der Waals surface area contributed by atoms with Gasteiger partial charge in [0.1, 0.15) is 12.1 Å². The Morgan fingerprint density at radius 2 is 1.19 bits per heavy atom. The van der Waals surface area contributed by atoms with E-state index in [4.69, 9.17) is 4.74 Å². The van der Waals surface area contributed by atoms with Crippen molar-refractivity contribution in [2.24, 2.45) is 0 Å². The molecular weight excluding hydrogens is 407 g/mol. The molecule has 0 saturated heterocycles. The molecule has 0 spiro atoms. The Kier molecular flexibility index (Phi) is 4.56. The van der Waals surface area contributed by atoms with E-state index in [1.54, 1.807) is 0 Å². The summed E-state index contributed by atoms with van der Waals surface area (Å²) in [5.74, 6) is 1.04. The monoisotopic (exact) mass is 432 g/mol. The molecule has 1 unspecified atom stereocenters. The maximum Gasteiger partial charge on any atom is 0.127 e. The van der Waals surface area contributed by atoms with Gasteiger partial charge in [0.05, 0.1) is 0 Å². The second kappa shape index (κ2) is 7.47. The van der Waals surface area contributed by atoms with Gasteiger partial charge in [0, 0.05) is 5.30 Å². The molecule has 0 fully saturated rings. The van der Waals surface area contributed by atoms with Crippen LogP contribution in [0.1, 0.15) is 16.7 Å². The first-order chi connectivity index (χ1) is 15.6. The third kappa shape index (κ3) is 2.89. The number of hydrogen-bond acceptors (Lipinski definition) is 1. The Hall–Kier alpha value is -3.15. The van der Waals surface area contributed by atoms with Crippen molar-refractivity contribution >= 4 is 35.4 Å². The highest BCUT2D eigenvalue weighted by molar-refractivity contribution is 7.48. The molecule has 1 aliphatic heterocycles. The molecule has 1 aliphatic rings. The van der Waals surface area contributed by atoms with Gasteiger partial charge in [-0.3, -0.25) is 0 Å². The van der Waals surface area contributed by atoms with Gasteiger partial charge in [-0.25, -0.2) is 0 Å². The lowest BCUT2D eigenvalue weighted by Gasteiger charge is -2.21. The molecule has 0 N–H and O–H groups in total. The molecule has 0 amide bonds. The minimum absolute atomic E-state index is 0.689. The standard InChI is InChI=1S/C30H25OP/c1-18-15-19(2)27(20(3)16-18)29-23-11-6-4-9-21(23)28(22-10-5-7-12-24(22)29)25-13-8-14-26-30(25)32-17-31-26/h4-16,32H,17H2,1-3H3. The normalized spacial score (nSPS) is 13.6. The van der Waals surface area contributed by atoms with Crippen molar-refractivity contribution in [3.8, 4) is 28.0 Å². The highest BCUT2D eigenvalue weighted by Gasteiger charge is 2.23. The molecule has 0 saturated carbocycles. The van der Waals surface area contributed by atoms with Crippen molar-refractivity contribution in [3.63, 3.8) is 0 Å². The van der Waals surface area contributed by atoms with Crippen LogP contribution in [0.15, 0.2) is 78.9 Å². The van der Waals surface area contributed by atoms with E-state index in [1.165, 1.54) is 65.8 Å². The average molecular weight is 433 g/mol. The number of rotatable bonds is 2. The van der Waals surface area contributed by atoms with Crippen LogP contribution in [0.2, 0.25) is 0 Å². The van der Waals surface area contributed by atoms with Crippen LogP contribution in [-0.4, -0.2) is 6.35 Å². The lowest BCUT2D eigenvalue weighted by Crippen LogP contribution is -2.01. The number of benzene rings is 5. The van der Waals surface area contributed by atoms with Crippen molar-refractivity contribution in [2.75, 3.05) is 6.35 Å². The van der Waals surface area contributed by atoms with Crippen LogP contribution in [0.3, 0.4) is 0 Å². The quantitative estimate of drug-likeness (QED) is 0.203. The number of hydrogen-bond donors (Lipinski definition) is 0. The zero-order valence-electron chi connectivity index (χ0n) is 18.6. The first kappa shape index (κ1) is 19.5. The van der Waals surface area contributed by atoms with E-state index in [0.717, 1.165) is 12.1 Å². The average Bonchev–Trinajstić information content (AvgIpc) is 3.27. The lowest BCUT2D eigenvalue weighted by molar-refractivity contribution is 0.403. The van der Waals surface area contributed by atoms with Crippen LogP contribution < -0.4 is 10.0 Å². The molecule has 2 heteroatoms. The maximum absolute atomic E-state index is 5.93. The van der Waals surface area contributed by atoms with Gasteiger partial charge in [-0.1, -0.05) is 78.4 Å². The molecule has 6 rings (SSSR count). The zero-order valence-corrected chi connectivity index (χ0v) is 19.6. The molecule has 32 heavy (non-hydrogen) atoms. The van der Waals surface area contributed by atoms with Gasteiger partial charge in [0.2, 0.25) is 0 Å². The first-order valence-corrected chi connectivity index (χ1v) is 12.4. The molecule has 0 aliphatic carbocycles. The van der Waals surface area contributed by atoms with E-state index in [9.17, 15) is 0 Å². The summed E-state index contributed by atoms with van der Waals surface area (Å²) in [7, 11) is 0.689. The molecule has 0 bridgehead atoms. The third-order valence-electron chi connectivity index (χ3n) is 6.63. The molecule has 5 aromatic rings. The van der Waals surface area contributed by atoms with Gasteiger partial charge < -0.3 is 4.74 Å². The first-order valence-electron chi connectivity index (χ1n) is 11.1. The van der Waals surface area contributed by atoms with Gasteiger partial charge in [-0.2, -0.15) is 0 Å². The van der Waals surface area contributed by atoms with E-state index in [2.05, 4.69) is 99.6 Å². The van der Waals surface area contributed by atoms with Crippen LogP contribution >= 0.6 is 8.58 Å². The van der Waals surface area contributed by atoms with E-state index in [-0.39, 0.29) is 0 Å². The Labute approximate surface area is 190 Å². The van der Waals surface area contributed by atoms with E-state index < -0.39 is 0 Å². The fourth-order valence-electron chi connectivity index (χ4n) is 5.49. The SMILES string of the molecule is Cc1cc(C)c(-c2c3ccccc3c(-c3cccc4c3PCO4)c3ccccc23)c(C)c1. The molecule has 1 atom stereocenters. The highest BCUT2D eigenvalue weighted by Crippen LogP contribution is 2.46. The molecule has 5 aromatic carbocycles. The van der Waals surface area contributed by atoms with E-state index in [1.807, 2.05) is 0 Å². The van der Waals surface area contributed by atoms with Crippen LogP contribution in [-0.2, 0) is 0 Å². The van der Waals surface area contributed by atoms with Crippen LogP contribution in [0.4, 0.5) is 0 Å². The van der Waals surface area contributed by atoms with Gasteiger partial charge in [-0.15, -0.1) is 0 Å². The molecule has 1 heterocycles. The van der Waals surface area contributed by atoms with Crippen LogP contribution in [0.25, 0.3) is 43.8 Å². The Morgan fingerprint density at radius 3 is 1.78 bits per heavy atom. The van der Waals surface area contributed by atoms with Crippen molar-refractivity contribution < 1.29 is 4.74 Å². The van der Waals surface area contributed by atoms with Gasteiger partial charge in [0.15, 0.2) is 0 Å². The Bertz CT molecular complexity index is 1450. The molecule has 156 valence electrons. The van der Waals surface area contributed by atoms with E-state index in [0.29, 0.717) is 8.58 Å². The van der Waals surface area contributed by atoms with Crippen LogP contribution in [0.5, 0.6) is 5.75 Å². The van der Waals surface area contributed by atoms with Crippen LogP contribution in [0, 0.1) is 20.8 Å².